The molecule has 2 amide bonds. The zero-order valence-electron chi connectivity index (χ0n) is 13.9. The summed E-state index contributed by atoms with van der Waals surface area (Å²) in [6.07, 6.45) is 1.71. The van der Waals surface area contributed by atoms with Gasteiger partial charge in [-0.1, -0.05) is 34.8 Å². The van der Waals surface area contributed by atoms with Gasteiger partial charge in [-0.05, 0) is 38.1 Å². The lowest BCUT2D eigenvalue weighted by molar-refractivity contribution is 0.0926. The quantitative estimate of drug-likeness (QED) is 0.624. The number of halogens is 4. The second kappa shape index (κ2) is 9.91. The van der Waals surface area contributed by atoms with Crippen molar-refractivity contribution >= 4 is 75.4 Å². The van der Waals surface area contributed by atoms with Gasteiger partial charge in [0, 0.05) is 11.1 Å². The Labute approximate surface area is 181 Å². The molecule has 0 bridgehead atoms. The minimum Gasteiger partial charge on any atom is -0.348 e. The van der Waals surface area contributed by atoms with Gasteiger partial charge in [0.15, 0.2) is 5.69 Å². The fourth-order valence-electron chi connectivity index (χ4n) is 2.64. The predicted molar refractivity (Wildman–Crippen MR) is 112 cm³/mol. The van der Waals surface area contributed by atoms with Crippen molar-refractivity contribution in [3.63, 3.8) is 0 Å². The normalized spacial score (nSPS) is 14.3. The number of benzene rings is 1. The summed E-state index contributed by atoms with van der Waals surface area (Å²) in [5.41, 5.74) is 1.76. The monoisotopic (exact) mass is 468 g/mol. The molecule has 1 aromatic heterocycles. The smallest absolute Gasteiger partial charge is 0.273 e. The highest BCUT2D eigenvalue weighted by atomic mass is 35.5. The summed E-state index contributed by atoms with van der Waals surface area (Å²) >= 11 is 19.2. The first-order valence-electron chi connectivity index (χ1n) is 7.86. The minimum absolute atomic E-state index is 0. The van der Waals surface area contributed by atoms with Gasteiger partial charge in [0.2, 0.25) is 0 Å². The zero-order valence-corrected chi connectivity index (χ0v) is 17.8. The Morgan fingerprint density at radius 2 is 1.74 bits per heavy atom. The molecule has 0 unspecified atom stereocenters. The number of thiazole rings is 1. The summed E-state index contributed by atoms with van der Waals surface area (Å²) in [6.45, 7) is 1.72. The van der Waals surface area contributed by atoms with Crippen LogP contribution in [0, 0.1) is 0 Å². The average Bonchev–Trinajstić information content (AvgIpc) is 3.03. The Balaban J connectivity index is 0.00000261. The van der Waals surface area contributed by atoms with Gasteiger partial charge < -0.3 is 16.0 Å². The van der Waals surface area contributed by atoms with Gasteiger partial charge in [0.1, 0.15) is 5.00 Å². The SMILES string of the molecule is Cl.O=C(NC1CCNCC1)c1ncsc1NC(=O)c1c(Cl)cc(Cl)cc1Cl. The summed E-state index contributed by atoms with van der Waals surface area (Å²) in [4.78, 5) is 29.1. The van der Waals surface area contributed by atoms with E-state index in [1.165, 1.54) is 17.6 Å². The minimum atomic E-state index is -0.531. The summed E-state index contributed by atoms with van der Waals surface area (Å²) < 4.78 is 0. The van der Waals surface area contributed by atoms with Crippen LogP contribution >= 0.6 is 58.5 Å². The number of piperidine rings is 1. The maximum absolute atomic E-state index is 12.5. The van der Waals surface area contributed by atoms with Crippen LogP contribution in [0.15, 0.2) is 17.6 Å². The zero-order chi connectivity index (χ0) is 18.7. The topological polar surface area (TPSA) is 83.1 Å². The van der Waals surface area contributed by atoms with Crippen LogP contribution in [-0.4, -0.2) is 35.9 Å². The molecule has 0 atom stereocenters. The van der Waals surface area contributed by atoms with Gasteiger partial charge in [-0.2, -0.15) is 0 Å². The molecule has 6 nitrogen and oxygen atoms in total. The van der Waals surface area contributed by atoms with Crippen molar-refractivity contribution in [2.45, 2.75) is 18.9 Å². The third-order valence-electron chi connectivity index (χ3n) is 3.92. The first kappa shape index (κ1) is 22.2. The molecular weight excluding hydrogens is 454 g/mol. The van der Waals surface area contributed by atoms with Crippen LogP contribution in [-0.2, 0) is 0 Å². The molecule has 0 spiro atoms. The maximum Gasteiger partial charge on any atom is 0.273 e. The summed E-state index contributed by atoms with van der Waals surface area (Å²) in [7, 11) is 0. The highest BCUT2D eigenvalue weighted by Crippen LogP contribution is 2.30. The van der Waals surface area contributed by atoms with E-state index in [0.29, 0.717) is 10.0 Å². The molecule has 1 aliphatic rings. The fraction of sp³-hybridized carbons (Fsp3) is 0.312. The van der Waals surface area contributed by atoms with Crippen molar-refractivity contribution < 1.29 is 9.59 Å². The number of hydrogen-bond acceptors (Lipinski definition) is 5. The molecule has 0 radical (unpaired) electrons. The highest BCUT2D eigenvalue weighted by molar-refractivity contribution is 7.14. The molecule has 1 saturated heterocycles. The summed E-state index contributed by atoms with van der Waals surface area (Å²) in [5.74, 6) is -0.849. The number of carbonyl (C=O) groups is 2. The summed E-state index contributed by atoms with van der Waals surface area (Å²) in [6, 6.07) is 2.96. The van der Waals surface area contributed by atoms with E-state index in [4.69, 9.17) is 34.8 Å². The number of rotatable bonds is 4. The van der Waals surface area contributed by atoms with Crippen LogP contribution in [0.3, 0.4) is 0 Å². The van der Waals surface area contributed by atoms with Gasteiger partial charge in [0.05, 0.1) is 21.1 Å². The van der Waals surface area contributed by atoms with Crippen LogP contribution in [0.25, 0.3) is 0 Å². The van der Waals surface area contributed by atoms with Gasteiger partial charge in [0.25, 0.3) is 11.8 Å². The molecule has 146 valence electrons. The van der Waals surface area contributed by atoms with E-state index in [9.17, 15) is 9.59 Å². The molecule has 0 aliphatic carbocycles. The van der Waals surface area contributed by atoms with Crippen molar-refractivity contribution in [2.24, 2.45) is 0 Å². The number of hydrogen-bond donors (Lipinski definition) is 3. The lowest BCUT2D eigenvalue weighted by atomic mass is 10.1. The van der Waals surface area contributed by atoms with Gasteiger partial charge in [-0.3, -0.25) is 9.59 Å². The predicted octanol–water partition coefficient (Wildman–Crippen LogP) is 4.26. The lowest BCUT2D eigenvalue weighted by Gasteiger charge is -2.23. The standard InChI is InChI=1S/C16H15Cl3N4O2S.ClH/c17-8-5-10(18)12(11(19)6-8)14(24)23-16-13(21-7-26-16)15(25)22-9-1-3-20-4-2-9;/h5-7,9,20H,1-4H2,(H,22,25)(H,23,24);1H. The lowest BCUT2D eigenvalue weighted by Crippen LogP contribution is -2.43. The number of nitrogens with zero attached hydrogens (tertiary/aromatic N) is 1. The van der Waals surface area contributed by atoms with E-state index in [1.807, 2.05) is 0 Å². The molecule has 27 heavy (non-hydrogen) atoms. The molecule has 1 aromatic carbocycles. The summed E-state index contributed by atoms with van der Waals surface area (Å²) in [5, 5.41) is 9.77. The molecule has 3 rings (SSSR count). The molecule has 2 heterocycles. The largest absolute Gasteiger partial charge is 0.348 e. The van der Waals surface area contributed by atoms with Crippen LogP contribution in [0.4, 0.5) is 5.00 Å². The maximum atomic E-state index is 12.5. The van der Waals surface area contributed by atoms with E-state index >= 15 is 0 Å². The molecule has 3 N–H and O–H groups in total. The second-order valence-electron chi connectivity index (χ2n) is 5.73. The number of aromatic nitrogens is 1. The Kier molecular flexibility index (Phi) is 8.15. The Bertz CT molecular complexity index is 817. The molecule has 1 aliphatic heterocycles. The van der Waals surface area contributed by atoms with Crippen molar-refractivity contribution in [3.05, 3.63) is 44.0 Å². The third-order valence-corrected chi connectivity index (χ3v) is 5.47. The van der Waals surface area contributed by atoms with Crippen molar-refractivity contribution in [2.75, 3.05) is 18.4 Å². The highest BCUT2D eigenvalue weighted by Gasteiger charge is 2.23. The number of amides is 2. The van der Waals surface area contributed by atoms with E-state index in [0.717, 1.165) is 37.3 Å². The van der Waals surface area contributed by atoms with Gasteiger partial charge >= 0.3 is 0 Å². The first-order chi connectivity index (χ1) is 12.5. The van der Waals surface area contributed by atoms with E-state index in [-0.39, 0.29) is 45.7 Å². The van der Waals surface area contributed by atoms with Gasteiger partial charge in [-0.15, -0.1) is 23.7 Å². The molecular formula is C16H16Cl4N4O2S. The van der Waals surface area contributed by atoms with Crippen LogP contribution in [0.1, 0.15) is 33.7 Å². The fourth-order valence-corrected chi connectivity index (χ4v) is 4.30. The average molecular weight is 470 g/mol. The van der Waals surface area contributed by atoms with Gasteiger partial charge in [-0.25, -0.2) is 4.98 Å². The van der Waals surface area contributed by atoms with Crippen LogP contribution in [0.5, 0.6) is 0 Å². The Morgan fingerprint density at radius 1 is 1.11 bits per heavy atom. The molecule has 1 fully saturated rings. The number of carbonyl (C=O) groups excluding carboxylic acids is 2. The van der Waals surface area contributed by atoms with Crippen molar-refractivity contribution in [3.8, 4) is 0 Å². The second-order valence-corrected chi connectivity index (χ2v) is 7.83. The first-order valence-corrected chi connectivity index (χ1v) is 9.88. The Hall–Kier alpha value is -1.09. The van der Waals surface area contributed by atoms with Crippen LogP contribution < -0.4 is 16.0 Å². The Morgan fingerprint density at radius 3 is 2.37 bits per heavy atom. The molecule has 11 heteroatoms. The van der Waals surface area contributed by atoms with E-state index in [1.54, 1.807) is 0 Å². The van der Waals surface area contributed by atoms with Crippen molar-refractivity contribution in [1.29, 1.82) is 0 Å². The molecule has 2 aromatic rings. The number of nitrogens with one attached hydrogen (secondary N) is 3. The van der Waals surface area contributed by atoms with Crippen molar-refractivity contribution in [1.82, 2.24) is 15.6 Å². The number of anilines is 1. The third kappa shape index (κ3) is 5.47. The van der Waals surface area contributed by atoms with Crippen LogP contribution in [0.2, 0.25) is 15.1 Å². The van der Waals surface area contributed by atoms with E-state index < -0.39 is 5.91 Å². The molecule has 0 saturated carbocycles. The van der Waals surface area contributed by atoms with E-state index in [2.05, 4.69) is 20.9 Å².